The van der Waals surface area contributed by atoms with E-state index in [1.807, 2.05) is 6.92 Å². The van der Waals surface area contributed by atoms with E-state index >= 15 is 0 Å². The molecule has 1 unspecified atom stereocenters. The van der Waals surface area contributed by atoms with Gasteiger partial charge in [-0.25, -0.2) is 4.98 Å². The van der Waals surface area contributed by atoms with Crippen LogP contribution in [0.1, 0.15) is 23.7 Å². The third-order valence-corrected chi connectivity index (χ3v) is 3.51. The van der Waals surface area contributed by atoms with Crippen LogP contribution in [-0.2, 0) is 6.54 Å². The fourth-order valence-corrected chi connectivity index (χ4v) is 2.77. The Kier molecular flexibility index (Phi) is 2.02. The Balaban J connectivity index is 1.89. The van der Waals surface area contributed by atoms with Gasteiger partial charge in [0.15, 0.2) is 0 Å². The smallest absolute Gasteiger partial charge is 0.203 e. The number of aryl methyl sites for hydroxylation is 2. The number of anilines is 1. The lowest BCUT2D eigenvalue weighted by molar-refractivity contribution is 0.543. The van der Waals surface area contributed by atoms with E-state index in [2.05, 4.69) is 37.9 Å². The summed E-state index contributed by atoms with van der Waals surface area (Å²) < 4.78 is 2.19. The van der Waals surface area contributed by atoms with Crippen molar-refractivity contribution in [2.24, 2.45) is 0 Å². The van der Waals surface area contributed by atoms with Crippen molar-refractivity contribution in [3.8, 4) is 0 Å². The second-order valence-electron chi connectivity index (χ2n) is 3.94. The molecule has 1 atom stereocenters. The minimum atomic E-state index is 0.436. The minimum Gasteiger partial charge on any atom is -0.349 e. The van der Waals surface area contributed by atoms with Crippen molar-refractivity contribution in [1.29, 1.82) is 0 Å². The Bertz CT molecular complexity index is 458. The van der Waals surface area contributed by atoms with Crippen molar-refractivity contribution in [2.75, 3.05) is 5.32 Å². The molecule has 1 aliphatic rings. The van der Waals surface area contributed by atoms with Crippen molar-refractivity contribution in [2.45, 2.75) is 25.9 Å². The van der Waals surface area contributed by atoms with Crippen molar-refractivity contribution in [3.63, 3.8) is 0 Å². The third-order valence-electron chi connectivity index (χ3n) is 2.80. The molecule has 1 N–H and O–H groups in total. The highest BCUT2D eigenvalue weighted by molar-refractivity contribution is 7.07. The van der Waals surface area contributed by atoms with E-state index in [0.717, 1.165) is 24.6 Å². The molecular formula is C11H13N3S. The highest BCUT2D eigenvalue weighted by Gasteiger charge is 2.20. The molecule has 3 nitrogen and oxygen atoms in total. The number of nitrogens with zero attached hydrogens (tertiary/aromatic N) is 2. The van der Waals surface area contributed by atoms with Crippen LogP contribution in [0.3, 0.4) is 0 Å². The summed E-state index contributed by atoms with van der Waals surface area (Å²) in [7, 11) is 0. The van der Waals surface area contributed by atoms with Gasteiger partial charge in [0, 0.05) is 12.7 Å². The first-order chi connectivity index (χ1) is 7.33. The molecule has 3 heterocycles. The summed E-state index contributed by atoms with van der Waals surface area (Å²) in [5.74, 6) is 1.01. The first-order valence-corrected chi connectivity index (χ1v) is 6.09. The molecule has 0 aliphatic carbocycles. The standard InChI is InChI=1S/C11H13N3S/c1-8-6-14-4-2-10(13-11(14)12-8)9-3-5-15-7-9/h3,5-7,10H,2,4H2,1H3,(H,12,13). The summed E-state index contributed by atoms with van der Waals surface area (Å²) in [4.78, 5) is 4.47. The molecule has 15 heavy (non-hydrogen) atoms. The minimum absolute atomic E-state index is 0.436. The number of thiophene rings is 1. The fraction of sp³-hybridized carbons (Fsp3) is 0.364. The summed E-state index contributed by atoms with van der Waals surface area (Å²) in [6.45, 7) is 3.09. The third kappa shape index (κ3) is 1.55. The predicted molar refractivity (Wildman–Crippen MR) is 62.3 cm³/mol. The molecule has 0 amide bonds. The van der Waals surface area contributed by atoms with Gasteiger partial charge in [0.25, 0.3) is 0 Å². The Hall–Kier alpha value is -1.29. The molecule has 0 spiro atoms. The van der Waals surface area contributed by atoms with E-state index in [-0.39, 0.29) is 0 Å². The highest BCUT2D eigenvalue weighted by atomic mass is 32.1. The van der Waals surface area contributed by atoms with Gasteiger partial charge in [0.05, 0.1) is 11.7 Å². The Morgan fingerprint density at radius 3 is 3.33 bits per heavy atom. The molecule has 3 rings (SSSR count). The highest BCUT2D eigenvalue weighted by Crippen LogP contribution is 2.29. The summed E-state index contributed by atoms with van der Waals surface area (Å²) in [6, 6.07) is 2.62. The monoisotopic (exact) mass is 219 g/mol. The van der Waals surface area contributed by atoms with E-state index in [4.69, 9.17) is 0 Å². The Morgan fingerprint density at radius 2 is 2.53 bits per heavy atom. The number of aromatic nitrogens is 2. The lowest BCUT2D eigenvalue weighted by atomic mass is 10.1. The number of nitrogens with one attached hydrogen (secondary N) is 1. The van der Waals surface area contributed by atoms with Crippen LogP contribution in [-0.4, -0.2) is 9.55 Å². The van der Waals surface area contributed by atoms with Crippen LogP contribution in [0.5, 0.6) is 0 Å². The zero-order chi connectivity index (χ0) is 10.3. The van der Waals surface area contributed by atoms with Gasteiger partial charge in [-0.15, -0.1) is 0 Å². The molecule has 4 heteroatoms. The number of rotatable bonds is 1. The van der Waals surface area contributed by atoms with Crippen LogP contribution in [0.2, 0.25) is 0 Å². The second-order valence-corrected chi connectivity index (χ2v) is 4.72. The van der Waals surface area contributed by atoms with Crippen LogP contribution in [0, 0.1) is 6.92 Å². The lowest BCUT2D eigenvalue weighted by Crippen LogP contribution is -2.21. The van der Waals surface area contributed by atoms with Gasteiger partial charge in [-0.05, 0) is 35.7 Å². The Morgan fingerprint density at radius 1 is 1.60 bits per heavy atom. The second kappa shape index (κ2) is 3.38. The zero-order valence-electron chi connectivity index (χ0n) is 8.60. The SMILES string of the molecule is Cc1cn2c(n1)NC(c1ccsc1)CC2. The average Bonchev–Trinajstić information content (AvgIpc) is 2.82. The molecular weight excluding hydrogens is 206 g/mol. The molecule has 0 saturated carbocycles. The molecule has 0 bridgehead atoms. The van der Waals surface area contributed by atoms with Gasteiger partial charge in [-0.1, -0.05) is 0 Å². The van der Waals surface area contributed by atoms with Crippen molar-refractivity contribution in [1.82, 2.24) is 9.55 Å². The first-order valence-electron chi connectivity index (χ1n) is 5.15. The summed E-state index contributed by atoms with van der Waals surface area (Å²) in [5.41, 5.74) is 2.47. The number of hydrogen-bond donors (Lipinski definition) is 1. The lowest BCUT2D eigenvalue weighted by Gasteiger charge is -2.24. The Labute approximate surface area is 92.8 Å². The molecule has 2 aromatic rings. The molecule has 2 aromatic heterocycles. The molecule has 0 fully saturated rings. The van der Waals surface area contributed by atoms with Crippen LogP contribution >= 0.6 is 11.3 Å². The maximum atomic E-state index is 4.47. The van der Waals surface area contributed by atoms with Crippen molar-refractivity contribution < 1.29 is 0 Å². The first kappa shape index (κ1) is 8.97. The zero-order valence-corrected chi connectivity index (χ0v) is 9.42. The van der Waals surface area contributed by atoms with Crippen LogP contribution in [0.4, 0.5) is 5.95 Å². The predicted octanol–water partition coefficient (Wildman–Crippen LogP) is 2.81. The largest absolute Gasteiger partial charge is 0.349 e. The van der Waals surface area contributed by atoms with Crippen molar-refractivity contribution in [3.05, 3.63) is 34.3 Å². The summed E-state index contributed by atoms with van der Waals surface area (Å²) >= 11 is 1.75. The van der Waals surface area contributed by atoms with Gasteiger partial charge in [0.2, 0.25) is 5.95 Å². The van der Waals surface area contributed by atoms with E-state index < -0.39 is 0 Å². The van der Waals surface area contributed by atoms with Crippen molar-refractivity contribution >= 4 is 17.3 Å². The number of imidazole rings is 1. The van der Waals surface area contributed by atoms with Gasteiger partial charge < -0.3 is 9.88 Å². The van der Waals surface area contributed by atoms with E-state index in [0.29, 0.717) is 6.04 Å². The van der Waals surface area contributed by atoms with E-state index in [1.54, 1.807) is 11.3 Å². The van der Waals surface area contributed by atoms with E-state index in [1.165, 1.54) is 5.56 Å². The number of fused-ring (bicyclic) bond motifs is 1. The normalized spacial score (nSPS) is 19.7. The number of hydrogen-bond acceptors (Lipinski definition) is 3. The van der Waals surface area contributed by atoms with Crippen LogP contribution < -0.4 is 5.32 Å². The van der Waals surface area contributed by atoms with E-state index in [9.17, 15) is 0 Å². The van der Waals surface area contributed by atoms with Crippen LogP contribution in [0.15, 0.2) is 23.0 Å². The maximum Gasteiger partial charge on any atom is 0.203 e. The average molecular weight is 219 g/mol. The fourth-order valence-electron chi connectivity index (χ4n) is 2.05. The molecule has 0 saturated heterocycles. The topological polar surface area (TPSA) is 29.9 Å². The maximum absolute atomic E-state index is 4.47. The molecule has 0 radical (unpaired) electrons. The summed E-state index contributed by atoms with van der Waals surface area (Å²) in [6.07, 6.45) is 3.24. The van der Waals surface area contributed by atoms with Gasteiger partial charge >= 0.3 is 0 Å². The van der Waals surface area contributed by atoms with Gasteiger partial charge in [-0.2, -0.15) is 11.3 Å². The quantitative estimate of drug-likeness (QED) is 0.799. The molecule has 1 aliphatic heterocycles. The van der Waals surface area contributed by atoms with Crippen LogP contribution in [0.25, 0.3) is 0 Å². The summed E-state index contributed by atoms with van der Waals surface area (Å²) in [5, 5.41) is 7.82. The van der Waals surface area contributed by atoms with Gasteiger partial charge in [-0.3, -0.25) is 0 Å². The van der Waals surface area contributed by atoms with Gasteiger partial charge in [0.1, 0.15) is 0 Å². The molecule has 78 valence electrons. The molecule has 0 aromatic carbocycles.